The normalized spacial score (nSPS) is 20.2. The summed E-state index contributed by atoms with van der Waals surface area (Å²) < 4.78 is 5.53. The van der Waals surface area contributed by atoms with Crippen molar-refractivity contribution in [1.29, 1.82) is 0 Å². The fraction of sp³-hybridized carbons (Fsp3) is 0.533. The quantitative estimate of drug-likeness (QED) is 0.775. The second-order valence-electron chi connectivity index (χ2n) is 4.81. The number of carbonyl (C=O) groups excluding carboxylic acids is 1. The minimum atomic E-state index is 0.0150. The predicted molar refractivity (Wildman–Crippen MR) is 80.3 cm³/mol. The van der Waals surface area contributed by atoms with Crippen LogP contribution in [0.15, 0.2) is 24.3 Å². The largest absolute Gasteiger partial charge is 0.494 e. The maximum atomic E-state index is 12.4. The van der Waals surface area contributed by atoms with Gasteiger partial charge in [-0.2, -0.15) is 11.8 Å². The third-order valence-corrected chi connectivity index (χ3v) is 4.33. The monoisotopic (exact) mass is 279 g/mol. The maximum absolute atomic E-state index is 12.4. The van der Waals surface area contributed by atoms with Gasteiger partial charge in [-0.25, -0.2) is 0 Å². The molecule has 4 heteroatoms. The minimum Gasteiger partial charge on any atom is -0.494 e. The third kappa shape index (κ3) is 3.74. The van der Waals surface area contributed by atoms with Crippen molar-refractivity contribution in [3.8, 4) is 5.75 Å². The molecule has 0 bridgehead atoms. The van der Waals surface area contributed by atoms with Crippen molar-refractivity contribution >= 4 is 17.5 Å². The van der Waals surface area contributed by atoms with Crippen LogP contribution in [0.3, 0.4) is 0 Å². The number of ketones is 1. The first-order valence-corrected chi connectivity index (χ1v) is 7.93. The lowest BCUT2D eigenvalue weighted by atomic mass is 10.0. The van der Waals surface area contributed by atoms with Gasteiger partial charge in [0.2, 0.25) is 0 Å². The molecular formula is C15H21NO2S. The zero-order chi connectivity index (χ0) is 13.7. The highest BCUT2D eigenvalue weighted by molar-refractivity contribution is 7.99. The SMILES string of the molecule is CCCOc1ccc(C(=O)C2CSCCN2C)cc1. The van der Waals surface area contributed by atoms with E-state index in [1.54, 1.807) is 0 Å². The number of hydrogen-bond donors (Lipinski definition) is 0. The number of thioether (sulfide) groups is 1. The Morgan fingerprint density at radius 2 is 2.16 bits per heavy atom. The first-order chi connectivity index (χ1) is 9.22. The van der Waals surface area contributed by atoms with Crippen LogP contribution >= 0.6 is 11.8 Å². The average molecular weight is 279 g/mol. The van der Waals surface area contributed by atoms with Crippen molar-refractivity contribution < 1.29 is 9.53 Å². The molecule has 0 spiro atoms. The van der Waals surface area contributed by atoms with Crippen molar-refractivity contribution in [2.24, 2.45) is 0 Å². The molecule has 1 aliphatic heterocycles. The minimum absolute atomic E-state index is 0.0150. The van der Waals surface area contributed by atoms with Gasteiger partial charge in [-0.15, -0.1) is 0 Å². The molecule has 0 amide bonds. The van der Waals surface area contributed by atoms with E-state index in [0.29, 0.717) is 0 Å². The molecular weight excluding hydrogens is 258 g/mol. The van der Waals surface area contributed by atoms with Gasteiger partial charge in [-0.05, 0) is 37.7 Å². The summed E-state index contributed by atoms with van der Waals surface area (Å²) in [4.78, 5) is 14.6. The van der Waals surface area contributed by atoms with Crippen molar-refractivity contribution in [1.82, 2.24) is 4.90 Å². The summed E-state index contributed by atoms with van der Waals surface area (Å²) in [5.41, 5.74) is 0.781. The van der Waals surface area contributed by atoms with Crippen LogP contribution in [0.1, 0.15) is 23.7 Å². The third-order valence-electron chi connectivity index (χ3n) is 3.31. The second kappa shape index (κ2) is 6.96. The molecule has 2 rings (SSSR count). The molecule has 1 atom stereocenters. The Hall–Kier alpha value is -1.00. The lowest BCUT2D eigenvalue weighted by Gasteiger charge is -2.30. The summed E-state index contributed by atoms with van der Waals surface area (Å²) in [5, 5.41) is 0. The summed E-state index contributed by atoms with van der Waals surface area (Å²) >= 11 is 1.86. The van der Waals surface area contributed by atoms with Gasteiger partial charge in [-0.3, -0.25) is 9.69 Å². The molecule has 0 radical (unpaired) electrons. The highest BCUT2D eigenvalue weighted by Crippen LogP contribution is 2.20. The summed E-state index contributed by atoms with van der Waals surface area (Å²) in [6.45, 7) is 3.78. The van der Waals surface area contributed by atoms with Gasteiger partial charge in [0.05, 0.1) is 12.6 Å². The first kappa shape index (κ1) is 14.4. The van der Waals surface area contributed by atoms with E-state index < -0.39 is 0 Å². The van der Waals surface area contributed by atoms with Crippen molar-refractivity contribution in [2.75, 3.05) is 31.7 Å². The van der Waals surface area contributed by atoms with Crippen molar-refractivity contribution in [3.63, 3.8) is 0 Å². The second-order valence-corrected chi connectivity index (χ2v) is 5.96. The molecule has 19 heavy (non-hydrogen) atoms. The van der Waals surface area contributed by atoms with Gasteiger partial charge in [-0.1, -0.05) is 6.92 Å². The van der Waals surface area contributed by atoms with Crippen LogP contribution in [0.5, 0.6) is 5.75 Å². The molecule has 1 saturated heterocycles. The lowest BCUT2D eigenvalue weighted by Crippen LogP contribution is -2.44. The van der Waals surface area contributed by atoms with E-state index >= 15 is 0 Å². The fourth-order valence-corrected chi connectivity index (χ4v) is 3.30. The van der Waals surface area contributed by atoms with Gasteiger partial charge in [0.15, 0.2) is 5.78 Å². The van der Waals surface area contributed by atoms with Gasteiger partial charge in [0.25, 0.3) is 0 Å². The molecule has 0 N–H and O–H groups in total. The number of likely N-dealkylation sites (N-methyl/N-ethyl adjacent to an activating group) is 1. The summed E-state index contributed by atoms with van der Waals surface area (Å²) in [7, 11) is 2.03. The molecule has 1 unspecified atom stereocenters. The molecule has 0 aromatic heterocycles. The van der Waals surface area contributed by atoms with Crippen LogP contribution in [-0.4, -0.2) is 48.4 Å². The Bertz CT molecular complexity index is 419. The number of nitrogens with zero attached hydrogens (tertiary/aromatic N) is 1. The highest BCUT2D eigenvalue weighted by atomic mass is 32.2. The molecule has 0 aliphatic carbocycles. The molecule has 0 saturated carbocycles. The van der Waals surface area contributed by atoms with Crippen LogP contribution in [-0.2, 0) is 0 Å². The van der Waals surface area contributed by atoms with Crippen molar-refractivity contribution in [3.05, 3.63) is 29.8 Å². The zero-order valence-corrected chi connectivity index (χ0v) is 12.4. The predicted octanol–water partition coefficient (Wildman–Crippen LogP) is 2.71. The number of ether oxygens (including phenoxy) is 1. The number of hydrogen-bond acceptors (Lipinski definition) is 4. The van der Waals surface area contributed by atoms with E-state index in [1.807, 2.05) is 43.1 Å². The van der Waals surface area contributed by atoms with E-state index in [4.69, 9.17) is 4.74 Å². The Balaban J connectivity index is 2.02. The molecule has 1 fully saturated rings. The fourth-order valence-electron chi connectivity index (χ4n) is 2.09. The van der Waals surface area contributed by atoms with E-state index in [0.717, 1.165) is 42.4 Å². The van der Waals surface area contributed by atoms with Crippen LogP contribution in [0.4, 0.5) is 0 Å². The van der Waals surface area contributed by atoms with Gasteiger partial charge >= 0.3 is 0 Å². The van der Waals surface area contributed by atoms with Crippen LogP contribution < -0.4 is 4.74 Å². The lowest BCUT2D eigenvalue weighted by molar-refractivity contribution is 0.0874. The Morgan fingerprint density at radius 3 is 2.79 bits per heavy atom. The summed E-state index contributed by atoms with van der Waals surface area (Å²) in [6, 6.07) is 7.54. The number of rotatable bonds is 5. The molecule has 1 aliphatic rings. The Morgan fingerprint density at radius 1 is 1.42 bits per heavy atom. The average Bonchev–Trinajstić information content (AvgIpc) is 2.45. The molecule has 3 nitrogen and oxygen atoms in total. The number of Topliss-reactive ketones (excluding diaryl/α,β-unsaturated/α-hetero) is 1. The zero-order valence-electron chi connectivity index (χ0n) is 11.6. The van der Waals surface area contributed by atoms with Crippen LogP contribution in [0.2, 0.25) is 0 Å². The van der Waals surface area contributed by atoms with Gasteiger partial charge in [0, 0.05) is 23.6 Å². The summed E-state index contributed by atoms with van der Waals surface area (Å²) in [6.07, 6.45) is 0.991. The molecule has 1 aromatic carbocycles. The van der Waals surface area contributed by atoms with E-state index in [1.165, 1.54) is 0 Å². The van der Waals surface area contributed by atoms with Crippen LogP contribution in [0, 0.1) is 0 Å². The van der Waals surface area contributed by atoms with E-state index in [9.17, 15) is 4.79 Å². The molecule has 1 heterocycles. The van der Waals surface area contributed by atoms with Gasteiger partial charge < -0.3 is 4.74 Å². The number of carbonyl (C=O) groups is 1. The van der Waals surface area contributed by atoms with Crippen LogP contribution in [0.25, 0.3) is 0 Å². The standard InChI is InChI=1S/C15H21NO2S/c1-3-9-18-13-6-4-12(5-7-13)15(17)14-11-19-10-8-16(14)2/h4-7,14H,3,8-11H2,1-2H3. The van der Waals surface area contributed by atoms with Gasteiger partial charge in [0.1, 0.15) is 5.75 Å². The van der Waals surface area contributed by atoms with E-state index in [2.05, 4.69) is 11.8 Å². The van der Waals surface area contributed by atoms with Crippen molar-refractivity contribution in [2.45, 2.75) is 19.4 Å². The topological polar surface area (TPSA) is 29.5 Å². The molecule has 1 aromatic rings. The Labute approximate surface area is 119 Å². The maximum Gasteiger partial charge on any atom is 0.180 e. The Kier molecular flexibility index (Phi) is 5.28. The highest BCUT2D eigenvalue weighted by Gasteiger charge is 2.26. The summed E-state index contributed by atoms with van der Waals surface area (Å²) in [5.74, 6) is 3.06. The smallest absolute Gasteiger partial charge is 0.180 e. The van der Waals surface area contributed by atoms with E-state index in [-0.39, 0.29) is 11.8 Å². The first-order valence-electron chi connectivity index (χ1n) is 6.77. The number of benzene rings is 1. The molecule has 104 valence electrons.